The summed E-state index contributed by atoms with van der Waals surface area (Å²) in [5.41, 5.74) is 9.36. The molecule has 1 amide bonds. The number of carbonyl (C=O) groups excluding carboxylic acids is 1. The quantitative estimate of drug-likeness (QED) is 0.836. The third-order valence-electron chi connectivity index (χ3n) is 5.39. The first kappa shape index (κ1) is 17.8. The van der Waals surface area contributed by atoms with Crippen molar-refractivity contribution in [2.45, 2.75) is 57.0 Å². The van der Waals surface area contributed by atoms with Crippen molar-refractivity contribution in [2.75, 3.05) is 0 Å². The monoisotopic (exact) mass is 392 g/mol. The minimum absolute atomic E-state index is 0.0903. The van der Waals surface area contributed by atoms with Gasteiger partial charge in [-0.1, -0.05) is 23.2 Å². The number of nitrogens with one attached hydrogen (secondary N) is 1. The van der Waals surface area contributed by atoms with Crippen molar-refractivity contribution >= 4 is 29.1 Å². The van der Waals surface area contributed by atoms with Crippen molar-refractivity contribution in [3.8, 4) is 5.69 Å². The van der Waals surface area contributed by atoms with Gasteiger partial charge in [-0.15, -0.1) is 0 Å². The molecule has 3 N–H and O–H groups in total. The molecule has 2 aliphatic rings. The van der Waals surface area contributed by atoms with E-state index in [0.717, 1.165) is 61.9 Å². The lowest BCUT2D eigenvalue weighted by atomic mass is 9.92. The molecule has 7 heteroatoms. The number of carbonyl (C=O) groups is 1. The molecule has 0 radical (unpaired) electrons. The zero-order chi connectivity index (χ0) is 18.3. The van der Waals surface area contributed by atoms with Gasteiger partial charge in [0.05, 0.1) is 10.7 Å². The molecule has 1 heterocycles. The Kier molecular flexibility index (Phi) is 4.95. The highest BCUT2D eigenvalue weighted by Gasteiger charge is 2.29. The summed E-state index contributed by atoms with van der Waals surface area (Å²) in [7, 11) is 0. The SMILES string of the molecule is NC1CCC(NC(=O)c2nn(-c3ccc(Cl)cc3Cl)c3c2CCC3)CC1. The number of halogens is 2. The first-order chi connectivity index (χ1) is 12.5. The predicted molar refractivity (Wildman–Crippen MR) is 103 cm³/mol. The van der Waals surface area contributed by atoms with Crippen molar-refractivity contribution < 1.29 is 4.79 Å². The Morgan fingerprint density at radius 1 is 1.19 bits per heavy atom. The molecule has 1 aromatic heterocycles. The van der Waals surface area contributed by atoms with E-state index in [-0.39, 0.29) is 18.0 Å². The van der Waals surface area contributed by atoms with E-state index in [1.165, 1.54) is 0 Å². The number of hydrogen-bond donors (Lipinski definition) is 2. The van der Waals surface area contributed by atoms with Gasteiger partial charge in [-0.25, -0.2) is 4.68 Å². The minimum Gasteiger partial charge on any atom is -0.348 e. The largest absolute Gasteiger partial charge is 0.348 e. The molecule has 138 valence electrons. The second kappa shape index (κ2) is 7.22. The standard InChI is InChI=1S/C19H22Cl2N4O/c20-11-4-9-17(15(21)10-11)25-16-3-1-2-14(16)18(24-25)19(26)23-13-7-5-12(22)6-8-13/h4,9-10,12-13H,1-3,5-8,22H2,(H,23,26). The number of aromatic nitrogens is 2. The Labute approximate surface area is 162 Å². The van der Waals surface area contributed by atoms with Crippen molar-refractivity contribution in [2.24, 2.45) is 5.73 Å². The van der Waals surface area contributed by atoms with Crippen LogP contribution in [-0.2, 0) is 12.8 Å². The van der Waals surface area contributed by atoms with Crippen molar-refractivity contribution in [3.63, 3.8) is 0 Å². The lowest BCUT2D eigenvalue weighted by Gasteiger charge is -2.26. The fourth-order valence-electron chi connectivity index (χ4n) is 3.99. The zero-order valence-corrected chi connectivity index (χ0v) is 16.0. The Hall–Kier alpha value is -1.56. The van der Waals surface area contributed by atoms with Crippen LogP contribution in [0.1, 0.15) is 53.8 Å². The number of hydrogen-bond acceptors (Lipinski definition) is 3. The topological polar surface area (TPSA) is 72.9 Å². The normalized spacial score (nSPS) is 22.3. The maximum atomic E-state index is 12.9. The van der Waals surface area contributed by atoms with Crippen LogP contribution in [0, 0.1) is 0 Å². The Bertz CT molecular complexity index is 840. The molecule has 0 unspecified atom stereocenters. The van der Waals surface area contributed by atoms with Crippen LogP contribution in [0.15, 0.2) is 18.2 Å². The number of rotatable bonds is 3. The van der Waals surface area contributed by atoms with E-state index in [9.17, 15) is 4.79 Å². The molecule has 2 aliphatic carbocycles. The van der Waals surface area contributed by atoms with Gasteiger partial charge >= 0.3 is 0 Å². The van der Waals surface area contributed by atoms with Gasteiger partial charge in [0.25, 0.3) is 5.91 Å². The number of benzene rings is 1. The second-order valence-electron chi connectivity index (χ2n) is 7.22. The molecular weight excluding hydrogens is 371 g/mol. The van der Waals surface area contributed by atoms with Crippen LogP contribution in [0.5, 0.6) is 0 Å². The molecule has 0 saturated heterocycles. The third kappa shape index (κ3) is 3.36. The number of fused-ring (bicyclic) bond motifs is 1. The fraction of sp³-hybridized carbons (Fsp3) is 0.474. The van der Waals surface area contributed by atoms with Gasteiger partial charge in [0, 0.05) is 28.4 Å². The van der Waals surface area contributed by atoms with Crippen molar-refractivity contribution in [1.82, 2.24) is 15.1 Å². The van der Waals surface area contributed by atoms with E-state index in [2.05, 4.69) is 10.4 Å². The van der Waals surface area contributed by atoms with Gasteiger partial charge in [-0.05, 0) is 63.1 Å². The fourth-order valence-corrected chi connectivity index (χ4v) is 4.48. The molecular formula is C19H22Cl2N4O. The van der Waals surface area contributed by atoms with Gasteiger partial charge in [-0.3, -0.25) is 4.79 Å². The third-order valence-corrected chi connectivity index (χ3v) is 5.93. The Morgan fingerprint density at radius 2 is 1.96 bits per heavy atom. The molecule has 0 spiro atoms. The van der Waals surface area contributed by atoms with E-state index in [1.54, 1.807) is 12.1 Å². The number of nitrogens with two attached hydrogens (primary N) is 1. The van der Waals surface area contributed by atoms with Crippen molar-refractivity contribution in [3.05, 3.63) is 45.2 Å². The summed E-state index contributed by atoms with van der Waals surface area (Å²) in [6, 6.07) is 5.78. The average Bonchev–Trinajstić information content (AvgIpc) is 3.20. The second-order valence-corrected chi connectivity index (χ2v) is 8.06. The maximum Gasteiger partial charge on any atom is 0.272 e. The Morgan fingerprint density at radius 3 is 2.69 bits per heavy atom. The number of nitrogens with zero attached hydrogens (tertiary/aromatic N) is 2. The smallest absolute Gasteiger partial charge is 0.272 e. The summed E-state index contributed by atoms with van der Waals surface area (Å²) < 4.78 is 1.81. The van der Waals surface area contributed by atoms with Crippen LogP contribution in [0.2, 0.25) is 10.0 Å². The molecule has 0 bridgehead atoms. The highest BCUT2D eigenvalue weighted by Crippen LogP contribution is 2.31. The van der Waals surface area contributed by atoms with Crippen LogP contribution in [0.25, 0.3) is 5.69 Å². The highest BCUT2D eigenvalue weighted by atomic mass is 35.5. The lowest BCUT2D eigenvalue weighted by molar-refractivity contribution is 0.0919. The van der Waals surface area contributed by atoms with E-state index in [1.807, 2.05) is 10.7 Å². The van der Waals surface area contributed by atoms with Crippen LogP contribution < -0.4 is 11.1 Å². The summed E-state index contributed by atoms with van der Waals surface area (Å²) in [6.45, 7) is 0. The molecule has 26 heavy (non-hydrogen) atoms. The summed E-state index contributed by atoms with van der Waals surface area (Å²) in [5, 5.41) is 8.89. The summed E-state index contributed by atoms with van der Waals surface area (Å²) in [6.07, 6.45) is 6.57. The molecule has 4 rings (SSSR count). The predicted octanol–water partition coefficient (Wildman–Crippen LogP) is 3.67. The van der Waals surface area contributed by atoms with E-state index >= 15 is 0 Å². The Balaban J connectivity index is 1.62. The first-order valence-electron chi connectivity index (χ1n) is 9.15. The van der Waals surface area contributed by atoms with Gasteiger partial charge < -0.3 is 11.1 Å². The van der Waals surface area contributed by atoms with Crippen LogP contribution in [0.4, 0.5) is 0 Å². The molecule has 0 atom stereocenters. The number of amides is 1. The minimum atomic E-state index is -0.0903. The zero-order valence-electron chi connectivity index (χ0n) is 14.5. The first-order valence-corrected chi connectivity index (χ1v) is 9.91. The van der Waals surface area contributed by atoms with Crippen LogP contribution in [-0.4, -0.2) is 27.8 Å². The molecule has 1 fully saturated rings. The van der Waals surface area contributed by atoms with Crippen molar-refractivity contribution in [1.29, 1.82) is 0 Å². The van der Waals surface area contributed by atoms with E-state index in [4.69, 9.17) is 28.9 Å². The lowest BCUT2D eigenvalue weighted by Crippen LogP contribution is -2.40. The summed E-state index contributed by atoms with van der Waals surface area (Å²) >= 11 is 12.4. The van der Waals surface area contributed by atoms with Crippen LogP contribution >= 0.6 is 23.2 Å². The van der Waals surface area contributed by atoms with Gasteiger partial charge in [0.1, 0.15) is 0 Å². The van der Waals surface area contributed by atoms with Crippen LogP contribution in [0.3, 0.4) is 0 Å². The molecule has 0 aliphatic heterocycles. The maximum absolute atomic E-state index is 12.9. The van der Waals surface area contributed by atoms with Gasteiger partial charge in [0.2, 0.25) is 0 Å². The van der Waals surface area contributed by atoms with Gasteiger partial charge in [-0.2, -0.15) is 5.10 Å². The summed E-state index contributed by atoms with van der Waals surface area (Å²) in [5.74, 6) is -0.0903. The van der Waals surface area contributed by atoms with E-state index < -0.39 is 0 Å². The summed E-state index contributed by atoms with van der Waals surface area (Å²) in [4.78, 5) is 12.9. The van der Waals surface area contributed by atoms with Gasteiger partial charge in [0.15, 0.2) is 5.69 Å². The van der Waals surface area contributed by atoms with E-state index in [0.29, 0.717) is 15.7 Å². The average molecular weight is 393 g/mol. The molecule has 1 saturated carbocycles. The molecule has 5 nitrogen and oxygen atoms in total. The molecule has 2 aromatic rings. The molecule has 1 aromatic carbocycles. The highest BCUT2D eigenvalue weighted by molar-refractivity contribution is 6.35.